The Kier molecular flexibility index (Phi) is 5.77. The van der Waals surface area contributed by atoms with Crippen molar-refractivity contribution in [1.82, 2.24) is 4.90 Å². The largest absolute Gasteiger partial charge is 0.336 e. The van der Waals surface area contributed by atoms with Crippen LogP contribution in [0.3, 0.4) is 0 Å². The van der Waals surface area contributed by atoms with Crippen LogP contribution in [-0.2, 0) is 0 Å². The van der Waals surface area contributed by atoms with E-state index in [1.807, 2.05) is 30.3 Å². The molecule has 0 unspecified atom stereocenters. The Morgan fingerprint density at radius 2 is 1.84 bits per heavy atom. The molecule has 7 heteroatoms. The minimum Gasteiger partial charge on any atom is -0.336 e. The lowest BCUT2D eigenvalue weighted by molar-refractivity contribution is -0.385. The summed E-state index contributed by atoms with van der Waals surface area (Å²) in [6.45, 7) is 2.57. The smallest absolute Gasteiger partial charge is 0.273 e. The average molecular weight is 362 g/mol. The highest BCUT2D eigenvalue weighted by Crippen LogP contribution is 2.29. The maximum Gasteiger partial charge on any atom is 0.273 e. The number of nitrogens with two attached hydrogens (primary N) is 1. The van der Waals surface area contributed by atoms with Crippen LogP contribution in [0.2, 0.25) is 0 Å². The highest BCUT2D eigenvalue weighted by Gasteiger charge is 2.35. The highest BCUT2D eigenvalue weighted by molar-refractivity contribution is 5.97. The van der Waals surface area contributed by atoms with Crippen LogP contribution in [0.4, 0.5) is 5.69 Å². The van der Waals surface area contributed by atoms with E-state index in [-0.39, 0.29) is 36.0 Å². The molecule has 2 atom stereocenters. The predicted octanol–water partition coefficient (Wildman–Crippen LogP) is 2.89. The van der Waals surface area contributed by atoms with E-state index < -0.39 is 4.92 Å². The van der Waals surface area contributed by atoms with E-state index in [1.165, 1.54) is 6.07 Å². The van der Waals surface area contributed by atoms with Crippen LogP contribution >= 0.6 is 12.4 Å². The molecule has 1 fully saturated rings. The molecule has 1 amide bonds. The monoisotopic (exact) mass is 361 g/mol. The lowest BCUT2D eigenvalue weighted by Gasteiger charge is -2.17. The van der Waals surface area contributed by atoms with E-state index in [0.717, 1.165) is 5.56 Å². The van der Waals surface area contributed by atoms with Crippen molar-refractivity contribution in [2.24, 2.45) is 5.73 Å². The molecule has 1 saturated heterocycles. The van der Waals surface area contributed by atoms with Gasteiger partial charge in [-0.1, -0.05) is 36.4 Å². The van der Waals surface area contributed by atoms with Gasteiger partial charge in [0.1, 0.15) is 0 Å². The number of carbonyl (C=O) groups is 1. The fourth-order valence-electron chi connectivity index (χ4n) is 3.27. The molecule has 132 valence electrons. The Balaban J connectivity index is 0.00000225. The summed E-state index contributed by atoms with van der Waals surface area (Å²) in [4.78, 5) is 25.1. The summed E-state index contributed by atoms with van der Waals surface area (Å²) in [6.07, 6.45) is 0. The number of likely N-dealkylation sites (tertiary alicyclic amines) is 1. The summed E-state index contributed by atoms with van der Waals surface area (Å²) in [5.74, 6) is -0.126. The number of hydrogen-bond donors (Lipinski definition) is 1. The first-order valence-corrected chi connectivity index (χ1v) is 7.83. The lowest BCUT2D eigenvalue weighted by atomic mass is 9.95. The number of nitrogens with zero attached hydrogens (tertiary/aromatic N) is 2. The Morgan fingerprint density at radius 1 is 1.16 bits per heavy atom. The van der Waals surface area contributed by atoms with Gasteiger partial charge in [0.05, 0.1) is 4.92 Å². The molecule has 6 nitrogen and oxygen atoms in total. The van der Waals surface area contributed by atoms with Crippen LogP contribution in [0.15, 0.2) is 48.5 Å². The van der Waals surface area contributed by atoms with Crippen LogP contribution in [-0.4, -0.2) is 34.9 Å². The maximum absolute atomic E-state index is 12.8. The van der Waals surface area contributed by atoms with Gasteiger partial charge >= 0.3 is 0 Å². The summed E-state index contributed by atoms with van der Waals surface area (Å²) >= 11 is 0. The van der Waals surface area contributed by atoms with Crippen LogP contribution in [0.25, 0.3) is 0 Å². The van der Waals surface area contributed by atoms with Gasteiger partial charge in [-0.25, -0.2) is 0 Å². The van der Waals surface area contributed by atoms with E-state index >= 15 is 0 Å². The van der Waals surface area contributed by atoms with Gasteiger partial charge in [-0.2, -0.15) is 0 Å². The SMILES string of the molecule is Cc1c(C(=O)N2C[C@@H](N)[C@H](c3ccccc3)C2)cccc1[N+](=O)[O-].Cl. The first-order valence-electron chi connectivity index (χ1n) is 7.83. The van der Waals surface area contributed by atoms with Crippen molar-refractivity contribution in [3.63, 3.8) is 0 Å². The number of rotatable bonds is 3. The Hall–Kier alpha value is -2.44. The topological polar surface area (TPSA) is 89.5 Å². The number of nitro benzene ring substituents is 1. The van der Waals surface area contributed by atoms with E-state index in [0.29, 0.717) is 24.2 Å². The van der Waals surface area contributed by atoms with E-state index in [4.69, 9.17) is 5.73 Å². The number of carbonyl (C=O) groups excluding carboxylic acids is 1. The summed E-state index contributed by atoms with van der Waals surface area (Å²) in [5, 5.41) is 11.1. The van der Waals surface area contributed by atoms with Crippen molar-refractivity contribution in [3.05, 3.63) is 75.3 Å². The Morgan fingerprint density at radius 3 is 2.48 bits per heavy atom. The second-order valence-electron chi connectivity index (χ2n) is 6.10. The van der Waals surface area contributed by atoms with Gasteiger partial charge in [-0.05, 0) is 18.6 Å². The Bertz CT molecular complexity index is 782. The van der Waals surface area contributed by atoms with Gasteiger partial charge < -0.3 is 10.6 Å². The molecule has 3 rings (SSSR count). The van der Waals surface area contributed by atoms with Gasteiger partial charge in [0.2, 0.25) is 0 Å². The predicted molar refractivity (Wildman–Crippen MR) is 98.1 cm³/mol. The quantitative estimate of drug-likeness (QED) is 0.672. The summed E-state index contributed by atoms with van der Waals surface area (Å²) in [7, 11) is 0. The van der Waals surface area contributed by atoms with Crippen molar-refractivity contribution in [2.45, 2.75) is 18.9 Å². The highest BCUT2D eigenvalue weighted by atomic mass is 35.5. The second-order valence-corrected chi connectivity index (χ2v) is 6.10. The zero-order valence-electron chi connectivity index (χ0n) is 13.8. The van der Waals surface area contributed by atoms with Crippen LogP contribution in [0.1, 0.15) is 27.4 Å². The lowest BCUT2D eigenvalue weighted by Crippen LogP contribution is -2.32. The van der Waals surface area contributed by atoms with E-state index in [9.17, 15) is 14.9 Å². The normalized spacial score (nSPS) is 19.4. The molecule has 0 aromatic heterocycles. The van der Waals surface area contributed by atoms with Gasteiger partial charge in [-0.3, -0.25) is 14.9 Å². The molecule has 2 aromatic carbocycles. The number of hydrogen-bond acceptors (Lipinski definition) is 4. The third kappa shape index (κ3) is 3.65. The zero-order valence-corrected chi connectivity index (χ0v) is 14.6. The molecule has 1 aliphatic heterocycles. The fourth-order valence-corrected chi connectivity index (χ4v) is 3.27. The van der Waals surface area contributed by atoms with E-state index in [2.05, 4.69) is 0 Å². The molecule has 2 N–H and O–H groups in total. The van der Waals surface area contributed by atoms with Crippen molar-refractivity contribution in [2.75, 3.05) is 13.1 Å². The Labute approximate surface area is 152 Å². The van der Waals surface area contributed by atoms with Gasteiger partial charge in [0.15, 0.2) is 0 Å². The zero-order chi connectivity index (χ0) is 17.3. The first-order chi connectivity index (χ1) is 11.5. The van der Waals surface area contributed by atoms with E-state index in [1.54, 1.807) is 24.0 Å². The second kappa shape index (κ2) is 7.63. The molecule has 0 bridgehead atoms. The number of amides is 1. The molecule has 0 spiro atoms. The van der Waals surface area contributed by atoms with Crippen molar-refractivity contribution in [3.8, 4) is 0 Å². The average Bonchev–Trinajstić information content (AvgIpc) is 2.97. The molecule has 25 heavy (non-hydrogen) atoms. The molecule has 1 heterocycles. The molecule has 1 aliphatic rings. The molecular formula is C18H20ClN3O3. The summed E-state index contributed by atoms with van der Waals surface area (Å²) in [6, 6.07) is 14.3. The number of benzene rings is 2. The van der Waals surface area contributed by atoms with Gasteiger partial charge in [-0.15, -0.1) is 12.4 Å². The fraction of sp³-hybridized carbons (Fsp3) is 0.278. The van der Waals surface area contributed by atoms with Gasteiger partial charge in [0.25, 0.3) is 11.6 Å². The number of nitro groups is 1. The summed E-state index contributed by atoms with van der Waals surface area (Å²) < 4.78 is 0. The summed E-state index contributed by atoms with van der Waals surface area (Å²) in [5.41, 5.74) is 8.06. The maximum atomic E-state index is 12.8. The third-order valence-electron chi connectivity index (χ3n) is 4.61. The molecule has 2 aromatic rings. The van der Waals surface area contributed by atoms with Crippen molar-refractivity contribution in [1.29, 1.82) is 0 Å². The third-order valence-corrected chi connectivity index (χ3v) is 4.61. The van der Waals surface area contributed by atoms with Gasteiger partial charge in [0, 0.05) is 42.2 Å². The number of halogens is 1. The van der Waals surface area contributed by atoms with Crippen LogP contribution in [0, 0.1) is 17.0 Å². The van der Waals surface area contributed by atoms with Crippen molar-refractivity contribution >= 4 is 24.0 Å². The molecule has 0 aliphatic carbocycles. The minimum atomic E-state index is -0.464. The molecular weight excluding hydrogens is 342 g/mol. The molecule has 0 saturated carbocycles. The van der Waals surface area contributed by atoms with Crippen molar-refractivity contribution < 1.29 is 9.72 Å². The van der Waals surface area contributed by atoms with Crippen LogP contribution < -0.4 is 5.73 Å². The van der Waals surface area contributed by atoms with Crippen LogP contribution in [0.5, 0.6) is 0 Å². The minimum absolute atomic E-state index is 0. The molecule has 0 radical (unpaired) electrons. The first kappa shape index (κ1) is 18.9. The standard InChI is InChI=1S/C18H19N3O3.ClH/c1-12-14(8-5-9-17(12)21(23)24)18(22)20-10-15(16(19)11-20)13-6-3-2-4-7-13;/h2-9,15-16H,10-11,19H2,1H3;1H/t15-,16+;/m0./s1.